The Bertz CT molecular complexity index is 503. The first-order chi connectivity index (χ1) is 11.3. The smallest absolute Gasteiger partial charge is 0.119 e. The van der Waals surface area contributed by atoms with Crippen LogP contribution in [0.2, 0.25) is 0 Å². The summed E-state index contributed by atoms with van der Waals surface area (Å²) >= 11 is 0. The van der Waals surface area contributed by atoms with Crippen molar-refractivity contribution < 1.29 is 20.1 Å². The maximum atomic E-state index is 11.0. The van der Waals surface area contributed by atoms with Crippen molar-refractivity contribution in [1.29, 1.82) is 0 Å². The fourth-order valence-corrected chi connectivity index (χ4v) is 3.73. The molecule has 1 saturated heterocycles. The maximum absolute atomic E-state index is 11.0. The van der Waals surface area contributed by atoms with Crippen LogP contribution in [-0.2, 0) is 6.54 Å². The van der Waals surface area contributed by atoms with Gasteiger partial charge in [0.05, 0.1) is 37.9 Å². The molecule has 1 aliphatic heterocycles. The lowest BCUT2D eigenvalue weighted by atomic mass is 9.77. The Morgan fingerprint density at radius 1 is 1.29 bits per heavy atom. The molecule has 0 saturated carbocycles. The van der Waals surface area contributed by atoms with Gasteiger partial charge in [-0.2, -0.15) is 0 Å². The molecule has 4 N–H and O–H groups in total. The van der Waals surface area contributed by atoms with E-state index in [9.17, 15) is 5.11 Å². The third-order valence-corrected chi connectivity index (χ3v) is 5.50. The maximum Gasteiger partial charge on any atom is 0.119 e. The molecule has 1 aromatic carbocycles. The first-order valence-electron chi connectivity index (χ1n) is 9.42. The van der Waals surface area contributed by atoms with Gasteiger partial charge in [-0.1, -0.05) is 6.92 Å². The van der Waals surface area contributed by atoms with Crippen molar-refractivity contribution >= 4 is 0 Å². The third-order valence-electron chi connectivity index (χ3n) is 5.50. The van der Waals surface area contributed by atoms with Crippen LogP contribution in [0, 0.1) is 5.92 Å². The van der Waals surface area contributed by atoms with Gasteiger partial charge in [0.25, 0.3) is 0 Å². The summed E-state index contributed by atoms with van der Waals surface area (Å²) in [6, 6.07) is 8.89. The van der Waals surface area contributed by atoms with E-state index in [0.29, 0.717) is 12.0 Å². The Kier molecular flexibility index (Phi) is 6.67. The highest BCUT2D eigenvalue weighted by Gasteiger charge is 2.43. The summed E-state index contributed by atoms with van der Waals surface area (Å²) in [4.78, 5) is 1.54. The van der Waals surface area contributed by atoms with Crippen molar-refractivity contribution in [2.45, 2.75) is 64.8 Å². The first kappa shape index (κ1) is 19.2. The quantitative estimate of drug-likeness (QED) is 0.639. The lowest BCUT2D eigenvalue weighted by molar-refractivity contribution is -0.916. The molecule has 0 amide bonds. The van der Waals surface area contributed by atoms with E-state index in [4.69, 9.17) is 4.74 Å². The second-order valence-corrected chi connectivity index (χ2v) is 8.00. The molecule has 136 valence electrons. The molecular weight excluding hydrogens is 300 g/mol. The van der Waals surface area contributed by atoms with Gasteiger partial charge in [0.2, 0.25) is 0 Å². The molecule has 4 nitrogen and oxygen atoms in total. The van der Waals surface area contributed by atoms with Gasteiger partial charge in [-0.3, -0.25) is 0 Å². The second-order valence-electron chi connectivity index (χ2n) is 8.00. The fraction of sp³-hybridized carbons (Fsp3) is 0.700. The van der Waals surface area contributed by atoms with Crippen LogP contribution in [-0.4, -0.2) is 43.0 Å². The van der Waals surface area contributed by atoms with Gasteiger partial charge < -0.3 is 20.1 Å². The van der Waals surface area contributed by atoms with Gasteiger partial charge in [0, 0.05) is 24.3 Å². The van der Waals surface area contributed by atoms with Crippen molar-refractivity contribution in [1.82, 2.24) is 0 Å². The number of quaternary nitrogens is 2. The summed E-state index contributed by atoms with van der Waals surface area (Å²) in [7, 11) is 2.24. The molecule has 4 heteroatoms. The number of likely N-dealkylation sites (tertiary alicyclic amines) is 1. The number of rotatable bonds is 7. The molecule has 1 fully saturated rings. The van der Waals surface area contributed by atoms with Gasteiger partial charge in [0.15, 0.2) is 0 Å². The van der Waals surface area contributed by atoms with Crippen molar-refractivity contribution in [3.63, 3.8) is 0 Å². The molecular formula is C20H36N2O2+2. The Labute approximate surface area is 147 Å². The number of hydrogen-bond donors (Lipinski definition) is 3. The van der Waals surface area contributed by atoms with Crippen molar-refractivity contribution in [3.05, 3.63) is 29.8 Å². The first-order valence-corrected chi connectivity index (χ1v) is 9.42. The second kappa shape index (κ2) is 8.32. The monoisotopic (exact) mass is 336 g/mol. The fourth-order valence-electron chi connectivity index (χ4n) is 3.73. The SMILES string of the molecule is CC(C)Oc1ccc(C[NH2+]CC[C@]2(O)C[C@@H](C)[NH+](C)C[C@H]2C)cc1. The molecule has 0 bridgehead atoms. The topological polar surface area (TPSA) is 50.5 Å². The molecule has 1 aromatic rings. The zero-order valence-corrected chi connectivity index (χ0v) is 16.0. The number of nitrogens with one attached hydrogen (secondary N) is 1. The van der Waals surface area contributed by atoms with E-state index < -0.39 is 5.60 Å². The van der Waals surface area contributed by atoms with Crippen LogP contribution in [0.4, 0.5) is 0 Å². The number of benzene rings is 1. The molecule has 0 radical (unpaired) electrons. The lowest BCUT2D eigenvalue weighted by Crippen LogP contribution is -3.15. The highest BCUT2D eigenvalue weighted by atomic mass is 16.5. The van der Waals surface area contributed by atoms with E-state index in [2.05, 4.69) is 38.3 Å². The number of ether oxygens (including phenoxy) is 1. The summed E-state index contributed by atoms with van der Waals surface area (Å²) in [5.74, 6) is 1.30. The number of piperidine rings is 1. The Morgan fingerprint density at radius 2 is 1.96 bits per heavy atom. The number of aliphatic hydroxyl groups is 1. The van der Waals surface area contributed by atoms with Crippen LogP contribution in [0.5, 0.6) is 5.75 Å². The average Bonchev–Trinajstić information content (AvgIpc) is 2.51. The molecule has 0 aliphatic carbocycles. The normalized spacial score (nSPS) is 30.5. The van der Waals surface area contributed by atoms with Crippen LogP contribution in [0.15, 0.2) is 24.3 Å². The third kappa shape index (κ3) is 5.20. The minimum absolute atomic E-state index is 0.212. The van der Waals surface area contributed by atoms with E-state index in [1.54, 1.807) is 4.90 Å². The van der Waals surface area contributed by atoms with E-state index in [0.717, 1.165) is 38.2 Å². The van der Waals surface area contributed by atoms with Gasteiger partial charge in [-0.25, -0.2) is 0 Å². The van der Waals surface area contributed by atoms with E-state index in [1.807, 2.05) is 26.0 Å². The van der Waals surface area contributed by atoms with Crippen molar-refractivity contribution in [2.75, 3.05) is 20.1 Å². The van der Waals surface area contributed by atoms with Crippen molar-refractivity contribution in [2.24, 2.45) is 5.92 Å². The van der Waals surface area contributed by atoms with Gasteiger partial charge in [-0.15, -0.1) is 0 Å². The van der Waals surface area contributed by atoms with Crippen LogP contribution in [0.25, 0.3) is 0 Å². The largest absolute Gasteiger partial charge is 0.491 e. The summed E-state index contributed by atoms with van der Waals surface area (Å²) in [6.07, 6.45) is 2.00. The van der Waals surface area contributed by atoms with Gasteiger partial charge in [0.1, 0.15) is 12.3 Å². The number of hydrogen-bond acceptors (Lipinski definition) is 2. The van der Waals surface area contributed by atoms with Crippen LogP contribution < -0.4 is 15.0 Å². The predicted octanol–water partition coefficient (Wildman–Crippen LogP) is 0.601. The summed E-state index contributed by atoms with van der Waals surface area (Å²) in [5.41, 5.74) is 0.803. The van der Waals surface area contributed by atoms with Crippen LogP contribution in [0.3, 0.4) is 0 Å². The molecule has 4 atom stereocenters. The average molecular weight is 337 g/mol. The molecule has 1 aliphatic rings. The van der Waals surface area contributed by atoms with E-state index in [-0.39, 0.29) is 6.10 Å². The summed E-state index contributed by atoms with van der Waals surface area (Å²) < 4.78 is 5.67. The minimum atomic E-state index is -0.496. The highest BCUT2D eigenvalue weighted by molar-refractivity contribution is 5.26. The molecule has 1 unspecified atom stereocenters. The molecule has 0 spiro atoms. The zero-order chi connectivity index (χ0) is 17.7. The Morgan fingerprint density at radius 3 is 2.58 bits per heavy atom. The molecule has 2 rings (SSSR count). The summed E-state index contributed by atoms with van der Waals surface area (Å²) in [5, 5.41) is 13.3. The Balaban J connectivity index is 1.76. The molecule has 1 heterocycles. The van der Waals surface area contributed by atoms with Gasteiger partial charge >= 0.3 is 0 Å². The van der Waals surface area contributed by atoms with E-state index in [1.165, 1.54) is 5.56 Å². The minimum Gasteiger partial charge on any atom is -0.491 e. The van der Waals surface area contributed by atoms with Crippen molar-refractivity contribution in [3.8, 4) is 5.75 Å². The van der Waals surface area contributed by atoms with Crippen LogP contribution in [0.1, 0.15) is 46.1 Å². The molecule has 0 aromatic heterocycles. The number of nitrogens with two attached hydrogens (primary N) is 1. The van der Waals surface area contributed by atoms with Crippen LogP contribution >= 0.6 is 0 Å². The Hall–Kier alpha value is -1.10. The summed E-state index contributed by atoms with van der Waals surface area (Å²) in [6.45, 7) is 11.5. The van der Waals surface area contributed by atoms with E-state index >= 15 is 0 Å². The predicted molar refractivity (Wildman–Crippen MR) is 97.3 cm³/mol. The highest BCUT2D eigenvalue weighted by Crippen LogP contribution is 2.27. The van der Waals surface area contributed by atoms with Gasteiger partial charge in [-0.05, 0) is 45.0 Å². The zero-order valence-electron chi connectivity index (χ0n) is 16.0. The standard InChI is InChI=1S/C20H34N2O2/c1-15(2)24-19-8-6-18(7-9-19)13-21-11-10-20(23)12-17(4)22(5)14-16(20)3/h6-9,15-17,21,23H,10-14H2,1-5H3/p+2/t16-,17-,20+/m1/s1. The molecule has 24 heavy (non-hydrogen) atoms. The lowest BCUT2D eigenvalue weighted by Gasteiger charge is -2.43.